The summed E-state index contributed by atoms with van der Waals surface area (Å²) in [4.78, 5) is 2.34. The van der Waals surface area contributed by atoms with Crippen molar-refractivity contribution in [3.63, 3.8) is 0 Å². The quantitative estimate of drug-likeness (QED) is 0.822. The number of methoxy groups -OCH3 is 2. The van der Waals surface area contributed by atoms with Gasteiger partial charge in [-0.2, -0.15) is 0 Å². The van der Waals surface area contributed by atoms with Crippen LogP contribution in [0.1, 0.15) is 17.5 Å². The molecule has 1 aromatic rings. The van der Waals surface area contributed by atoms with E-state index in [0.29, 0.717) is 18.0 Å². The summed E-state index contributed by atoms with van der Waals surface area (Å²) in [5, 5.41) is 11.0. The normalized spacial score (nSPS) is 38.0. The maximum atomic E-state index is 11.0. The standard InChI is InChI=1S/C18H21NO5/c1-21-10-3-4-18-12-6-13-17(24-9-23-13)16(22-2)11(12)7-19(8-15(18)20)14(18)5-10/h3-4,6,10,14-15,20H,5,7-9H2,1-2H3/t10-,14+,15+,18-/m0/s1. The highest BCUT2D eigenvalue weighted by molar-refractivity contribution is 5.65. The maximum absolute atomic E-state index is 11.0. The zero-order valence-corrected chi connectivity index (χ0v) is 13.8. The highest BCUT2D eigenvalue weighted by atomic mass is 16.7. The Hall–Kier alpha value is -1.76. The van der Waals surface area contributed by atoms with Gasteiger partial charge in [0, 0.05) is 31.8 Å². The third kappa shape index (κ3) is 1.61. The Labute approximate surface area is 140 Å². The molecule has 4 aliphatic rings. The van der Waals surface area contributed by atoms with Gasteiger partial charge < -0.3 is 24.1 Å². The van der Waals surface area contributed by atoms with Crippen LogP contribution >= 0.6 is 0 Å². The van der Waals surface area contributed by atoms with Crippen LogP contribution in [0.2, 0.25) is 0 Å². The first-order valence-electron chi connectivity index (χ1n) is 8.33. The predicted octanol–water partition coefficient (Wildman–Crippen LogP) is 1.20. The van der Waals surface area contributed by atoms with Crippen LogP contribution in [-0.4, -0.2) is 55.8 Å². The second-order valence-electron chi connectivity index (χ2n) is 6.93. The minimum Gasteiger partial charge on any atom is -0.492 e. The van der Waals surface area contributed by atoms with Crippen molar-refractivity contribution < 1.29 is 24.1 Å². The van der Waals surface area contributed by atoms with Crippen LogP contribution in [0.3, 0.4) is 0 Å². The molecule has 6 nitrogen and oxygen atoms in total. The van der Waals surface area contributed by atoms with E-state index < -0.39 is 11.5 Å². The topological polar surface area (TPSA) is 60.4 Å². The van der Waals surface area contributed by atoms with Crippen LogP contribution in [0.15, 0.2) is 18.2 Å². The minimum atomic E-state index is -0.456. The third-order valence-corrected chi connectivity index (χ3v) is 6.05. The maximum Gasteiger partial charge on any atom is 0.231 e. The van der Waals surface area contributed by atoms with Crippen LogP contribution in [0.5, 0.6) is 17.2 Å². The molecule has 1 N–H and O–H groups in total. The molecule has 1 aliphatic carbocycles. The number of hydrogen-bond donors (Lipinski definition) is 1. The number of benzene rings is 1. The number of ether oxygens (including phenoxy) is 4. The molecule has 1 saturated heterocycles. The fourth-order valence-corrected chi connectivity index (χ4v) is 4.97. The molecular formula is C18H21NO5. The lowest BCUT2D eigenvalue weighted by molar-refractivity contribution is 0.0655. The van der Waals surface area contributed by atoms with Crippen molar-refractivity contribution in [3.8, 4) is 17.2 Å². The molecule has 24 heavy (non-hydrogen) atoms. The van der Waals surface area contributed by atoms with Crippen molar-refractivity contribution in [1.82, 2.24) is 4.90 Å². The van der Waals surface area contributed by atoms with Crippen LogP contribution in [-0.2, 0) is 16.7 Å². The molecule has 1 fully saturated rings. The van der Waals surface area contributed by atoms with Crippen molar-refractivity contribution in [2.75, 3.05) is 27.6 Å². The first kappa shape index (κ1) is 14.6. The van der Waals surface area contributed by atoms with Crippen molar-refractivity contribution in [2.24, 2.45) is 0 Å². The van der Waals surface area contributed by atoms with Crippen molar-refractivity contribution in [3.05, 3.63) is 29.3 Å². The highest BCUT2D eigenvalue weighted by Crippen LogP contribution is 2.57. The largest absolute Gasteiger partial charge is 0.492 e. The molecule has 5 rings (SSSR count). The van der Waals surface area contributed by atoms with E-state index in [9.17, 15) is 5.11 Å². The SMILES string of the molecule is COc1c2c(cc3c1OCO3)[C@@]13C=C[C@H](OC)C[C@H]1N(C2)C[C@H]3O. The molecule has 2 bridgehead atoms. The lowest BCUT2D eigenvalue weighted by Crippen LogP contribution is -2.52. The summed E-state index contributed by atoms with van der Waals surface area (Å²) in [6.45, 7) is 1.59. The predicted molar refractivity (Wildman–Crippen MR) is 85.6 cm³/mol. The smallest absolute Gasteiger partial charge is 0.231 e. The average Bonchev–Trinajstić information content (AvgIpc) is 3.14. The van der Waals surface area contributed by atoms with E-state index in [2.05, 4.69) is 17.1 Å². The number of aliphatic hydroxyl groups is 1. The molecular weight excluding hydrogens is 310 g/mol. The monoisotopic (exact) mass is 331 g/mol. The Balaban J connectivity index is 1.76. The molecule has 0 spiro atoms. The molecule has 0 radical (unpaired) electrons. The molecule has 3 heterocycles. The van der Waals surface area contributed by atoms with Gasteiger partial charge in [0.1, 0.15) is 0 Å². The first-order valence-corrected chi connectivity index (χ1v) is 8.33. The van der Waals surface area contributed by atoms with E-state index in [1.54, 1.807) is 14.2 Å². The van der Waals surface area contributed by atoms with Gasteiger partial charge in [0.2, 0.25) is 12.5 Å². The molecule has 1 unspecified atom stereocenters. The van der Waals surface area contributed by atoms with E-state index in [0.717, 1.165) is 29.8 Å². The van der Waals surface area contributed by atoms with E-state index >= 15 is 0 Å². The molecule has 3 aliphatic heterocycles. The Morgan fingerprint density at radius 1 is 1.33 bits per heavy atom. The van der Waals surface area contributed by atoms with Gasteiger partial charge in [0.05, 0.1) is 24.7 Å². The zero-order chi connectivity index (χ0) is 16.5. The van der Waals surface area contributed by atoms with Gasteiger partial charge in [-0.3, -0.25) is 4.90 Å². The van der Waals surface area contributed by atoms with Gasteiger partial charge in [0.15, 0.2) is 11.5 Å². The van der Waals surface area contributed by atoms with E-state index in [1.165, 1.54) is 0 Å². The van der Waals surface area contributed by atoms with Crippen LogP contribution in [0.25, 0.3) is 0 Å². The van der Waals surface area contributed by atoms with Gasteiger partial charge in [-0.25, -0.2) is 0 Å². The van der Waals surface area contributed by atoms with Gasteiger partial charge >= 0.3 is 0 Å². The van der Waals surface area contributed by atoms with Crippen molar-refractivity contribution >= 4 is 0 Å². The summed E-state index contributed by atoms with van der Waals surface area (Å²) >= 11 is 0. The molecule has 128 valence electrons. The van der Waals surface area contributed by atoms with E-state index in [4.69, 9.17) is 18.9 Å². The molecule has 0 saturated carbocycles. The number of hydrogen-bond acceptors (Lipinski definition) is 6. The second-order valence-corrected chi connectivity index (χ2v) is 6.93. The van der Waals surface area contributed by atoms with Gasteiger partial charge in [-0.15, -0.1) is 0 Å². The Morgan fingerprint density at radius 3 is 3.00 bits per heavy atom. The minimum absolute atomic E-state index is 0.0911. The average molecular weight is 331 g/mol. The lowest BCUT2D eigenvalue weighted by atomic mass is 9.65. The van der Waals surface area contributed by atoms with Crippen molar-refractivity contribution in [1.29, 1.82) is 0 Å². The first-order chi connectivity index (χ1) is 11.7. The number of nitrogens with zero attached hydrogens (tertiary/aromatic N) is 1. The van der Waals surface area contributed by atoms with E-state index in [-0.39, 0.29) is 18.9 Å². The van der Waals surface area contributed by atoms with E-state index in [1.807, 2.05) is 6.07 Å². The summed E-state index contributed by atoms with van der Waals surface area (Å²) in [6.07, 6.45) is 4.73. The summed E-state index contributed by atoms with van der Waals surface area (Å²) < 4.78 is 22.4. The zero-order valence-electron chi connectivity index (χ0n) is 13.8. The molecule has 0 amide bonds. The summed E-state index contributed by atoms with van der Waals surface area (Å²) in [5.74, 6) is 2.11. The summed E-state index contributed by atoms with van der Waals surface area (Å²) in [6, 6.07) is 2.26. The molecule has 1 aromatic carbocycles. The summed E-state index contributed by atoms with van der Waals surface area (Å²) in [7, 11) is 3.39. The molecule has 5 atom stereocenters. The van der Waals surface area contributed by atoms with Crippen molar-refractivity contribution in [2.45, 2.75) is 36.6 Å². The number of fused-ring (bicyclic) bond motifs is 2. The van der Waals surface area contributed by atoms with Crippen LogP contribution in [0, 0.1) is 0 Å². The summed E-state index contributed by atoms with van der Waals surface area (Å²) in [5.41, 5.74) is 1.76. The number of rotatable bonds is 2. The Bertz CT molecular complexity index is 733. The van der Waals surface area contributed by atoms with Gasteiger partial charge in [-0.05, 0) is 18.1 Å². The Morgan fingerprint density at radius 2 is 2.21 bits per heavy atom. The molecule has 6 heteroatoms. The Kier molecular flexibility index (Phi) is 2.96. The fraction of sp³-hybridized carbons (Fsp3) is 0.556. The highest BCUT2D eigenvalue weighted by Gasteiger charge is 2.59. The molecule has 0 aromatic heterocycles. The van der Waals surface area contributed by atoms with Crippen LogP contribution in [0.4, 0.5) is 0 Å². The van der Waals surface area contributed by atoms with Crippen LogP contribution < -0.4 is 14.2 Å². The van der Waals surface area contributed by atoms with Gasteiger partial charge in [0.25, 0.3) is 0 Å². The van der Waals surface area contributed by atoms with Gasteiger partial charge in [-0.1, -0.05) is 12.2 Å². The number of aliphatic hydroxyl groups excluding tert-OH is 1. The third-order valence-electron chi connectivity index (χ3n) is 6.05. The fourth-order valence-electron chi connectivity index (χ4n) is 4.97. The lowest BCUT2D eigenvalue weighted by Gasteiger charge is -2.46. The second kappa shape index (κ2) is 4.88.